The lowest BCUT2D eigenvalue weighted by atomic mass is 9.94. The predicted octanol–water partition coefficient (Wildman–Crippen LogP) is 5.24. The van der Waals surface area contributed by atoms with Crippen molar-refractivity contribution in [2.24, 2.45) is 5.73 Å². The maximum absolute atomic E-state index is 13.9. The summed E-state index contributed by atoms with van der Waals surface area (Å²) in [5.74, 6) is -0.463. The number of nitrogens with zero attached hydrogens (tertiary/aromatic N) is 2. The van der Waals surface area contributed by atoms with Crippen LogP contribution in [0.5, 0.6) is 0 Å². The molecule has 3 N–H and O–H groups in total. The van der Waals surface area contributed by atoms with Crippen molar-refractivity contribution in [3.05, 3.63) is 100.0 Å². The molecule has 0 amide bonds. The molecule has 7 heteroatoms. The number of fused-ring (bicyclic) bond motifs is 2. The van der Waals surface area contributed by atoms with Crippen LogP contribution in [0.2, 0.25) is 0 Å². The second-order valence-corrected chi connectivity index (χ2v) is 9.03. The van der Waals surface area contributed by atoms with Gasteiger partial charge in [-0.3, -0.25) is 9.36 Å². The van der Waals surface area contributed by atoms with Gasteiger partial charge in [0, 0.05) is 17.6 Å². The first-order valence-corrected chi connectivity index (χ1v) is 11.9. The minimum absolute atomic E-state index is 0.247. The molecule has 2 aromatic heterocycles. The molecule has 0 saturated carbocycles. The van der Waals surface area contributed by atoms with E-state index in [0.717, 1.165) is 45.3 Å². The van der Waals surface area contributed by atoms with Crippen molar-refractivity contribution < 1.29 is 9.13 Å². The Morgan fingerprint density at radius 1 is 1.11 bits per heavy atom. The molecular weight excluding hydrogens is 455 g/mol. The van der Waals surface area contributed by atoms with Crippen LogP contribution in [0.1, 0.15) is 23.2 Å². The molecule has 0 fully saturated rings. The van der Waals surface area contributed by atoms with Crippen molar-refractivity contribution in [2.75, 3.05) is 13.2 Å². The van der Waals surface area contributed by atoms with E-state index in [2.05, 4.69) is 40.3 Å². The Labute approximate surface area is 206 Å². The standard InChI is InChI=1S/C29H25FN4O2/c1-17-21(3-2-4-27(17)34-16-32-25-8-6-20(30)13-24(25)29(34)35)22-7-5-19(15-31)28-23(22)14-26(33-28)18-9-11-36-12-10-18/h2-9,13-14,16,33H,10-12,15,31H2,1H3. The number of aromatic amines is 1. The number of hydrogen-bond donors (Lipinski definition) is 2. The Kier molecular flexibility index (Phi) is 5.51. The van der Waals surface area contributed by atoms with E-state index >= 15 is 0 Å². The summed E-state index contributed by atoms with van der Waals surface area (Å²) in [4.78, 5) is 21.3. The average molecular weight is 481 g/mol. The monoisotopic (exact) mass is 480 g/mol. The molecule has 6 rings (SSSR count). The number of benzene rings is 3. The number of ether oxygens (including phenoxy) is 1. The summed E-state index contributed by atoms with van der Waals surface area (Å²) in [6, 6.07) is 16.2. The highest BCUT2D eigenvalue weighted by Crippen LogP contribution is 2.36. The smallest absolute Gasteiger partial charge is 0.265 e. The van der Waals surface area contributed by atoms with E-state index in [1.807, 2.05) is 19.1 Å². The number of nitrogens with one attached hydrogen (secondary N) is 1. The van der Waals surface area contributed by atoms with Crippen molar-refractivity contribution in [1.29, 1.82) is 0 Å². The van der Waals surface area contributed by atoms with Crippen LogP contribution in [-0.4, -0.2) is 27.7 Å². The molecule has 0 saturated heterocycles. The van der Waals surface area contributed by atoms with Gasteiger partial charge >= 0.3 is 0 Å². The molecule has 0 radical (unpaired) electrons. The molecule has 1 aliphatic heterocycles. The van der Waals surface area contributed by atoms with E-state index in [1.165, 1.54) is 34.7 Å². The molecule has 1 aliphatic rings. The first-order valence-electron chi connectivity index (χ1n) is 11.9. The lowest BCUT2D eigenvalue weighted by molar-refractivity contribution is 0.161. The summed E-state index contributed by atoms with van der Waals surface area (Å²) in [5, 5.41) is 1.32. The molecule has 0 unspecified atom stereocenters. The third-order valence-corrected chi connectivity index (χ3v) is 6.98. The van der Waals surface area contributed by atoms with Gasteiger partial charge < -0.3 is 15.5 Å². The van der Waals surface area contributed by atoms with E-state index in [0.29, 0.717) is 31.0 Å². The molecule has 36 heavy (non-hydrogen) atoms. The fourth-order valence-electron chi connectivity index (χ4n) is 5.07. The molecule has 5 aromatic rings. The molecule has 0 atom stereocenters. The second kappa shape index (κ2) is 8.86. The molecule has 6 nitrogen and oxygen atoms in total. The molecule has 180 valence electrons. The van der Waals surface area contributed by atoms with Gasteiger partial charge in [0.25, 0.3) is 5.56 Å². The van der Waals surface area contributed by atoms with Gasteiger partial charge in [0.1, 0.15) is 12.1 Å². The largest absolute Gasteiger partial charge is 0.377 e. The summed E-state index contributed by atoms with van der Waals surface area (Å²) >= 11 is 0. The van der Waals surface area contributed by atoms with Crippen LogP contribution < -0.4 is 11.3 Å². The summed E-state index contributed by atoms with van der Waals surface area (Å²) in [6.45, 7) is 3.73. The fraction of sp³-hybridized carbons (Fsp3) is 0.172. The van der Waals surface area contributed by atoms with Gasteiger partial charge in [-0.1, -0.05) is 30.3 Å². The SMILES string of the molecule is Cc1c(-c2ccc(CN)c3[nH]c(C4=CCOCC4)cc23)cccc1-n1cnc2ccc(F)cc2c1=O. The van der Waals surface area contributed by atoms with Crippen molar-refractivity contribution >= 4 is 27.4 Å². The number of aromatic nitrogens is 3. The number of H-pyrrole nitrogens is 1. The lowest BCUT2D eigenvalue weighted by Crippen LogP contribution is -2.20. The molecule has 0 spiro atoms. The van der Waals surface area contributed by atoms with Gasteiger partial charge in [-0.15, -0.1) is 0 Å². The van der Waals surface area contributed by atoms with Crippen molar-refractivity contribution in [3.63, 3.8) is 0 Å². The minimum Gasteiger partial charge on any atom is -0.377 e. The van der Waals surface area contributed by atoms with E-state index < -0.39 is 5.82 Å². The normalized spacial score (nSPS) is 13.9. The summed E-state index contributed by atoms with van der Waals surface area (Å²) in [5.41, 5.74) is 14.3. The number of halogens is 1. The summed E-state index contributed by atoms with van der Waals surface area (Å²) in [7, 11) is 0. The molecule has 3 heterocycles. The molecule has 0 aliphatic carbocycles. The van der Waals surface area contributed by atoms with Crippen molar-refractivity contribution in [1.82, 2.24) is 14.5 Å². The van der Waals surface area contributed by atoms with Gasteiger partial charge in [-0.05, 0) is 71.5 Å². The quantitative estimate of drug-likeness (QED) is 0.368. The zero-order valence-corrected chi connectivity index (χ0v) is 19.8. The zero-order chi connectivity index (χ0) is 24.8. The number of hydrogen-bond acceptors (Lipinski definition) is 4. The highest BCUT2D eigenvalue weighted by molar-refractivity contribution is 6.00. The van der Waals surface area contributed by atoms with Crippen LogP contribution >= 0.6 is 0 Å². The van der Waals surface area contributed by atoms with Gasteiger partial charge in [-0.25, -0.2) is 9.37 Å². The van der Waals surface area contributed by atoms with Gasteiger partial charge in [-0.2, -0.15) is 0 Å². The lowest BCUT2D eigenvalue weighted by Gasteiger charge is -2.15. The van der Waals surface area contributed by atoms with Crippen LogP contribution in [0.25, 0.3) is 44.2 Å². The van der Waals surface area contributed by atoms with Crippen LogP contribution in [0.3, 0.4) is 0 Å². The third kappa shape index (κ3) is 3.64. The first-order chi connectivity index (χ1) is 17.5. The van der Waals surface area contributed by atoms with Gasteiger partial charge in [0.15, 0.2) is 0 Å². The van der Waals surface area contributed by atoms with E-state index in [1.54, 1.807) is 0 Å². The Morgan fingerprint density at radius 3 is 2.81 bits per heavy atom. The number of nitrogens with two attached hydrogens (primary N) is 1. The Bertz CT molecular complexity index is 1730. The minimum atomic E-state index is -0.463. The van der Waals surface area contributed by atoms with Gasteiger partial charge in [0.05, 0.1) is 35.3 Å². The van der Waals surface area contributed by atoms with Gasteiger partial charge in [0.2, 0.25) is 0 Å². The molecule has 3 aromatic carbocycles. The second-order valence-electron chi connectivity index (χ2n) is 9.03. The van der Waals surface area contributed by atoms with Crippen LogP contribution in [-0.2, 0) is 11.3 Å². The van der Waals surface area contributed by atoms with Crippen LogP contribution in [0, 0.1) is 12.7 Å². The Morgan fingerprint density at radius 2 is 2.00 bits per heavy atom. The summed E-state index contributed by atoms with van der Waals surface area (Å²) < 4.78 is 20.8. The highest BCUT2D eigenvalue weighted by Gasteiger charge is 2.17. The van der Waals surface area contributed by atoms with E-state index in [4.69, 9.17) is 10.5 Å². The van der Waals surface area contributed by atoms with Crippen molar-refractivity contribution in [2.45, 2.75) is 19.9 Å². The average Bonchev–Trinajstić information content (AvgIpc) is 3.36. The maximum atomic E-state index is 13.9. The van der Waals surface area contributed by atoms with E-state index in [9.17, 15) is 9.18 Å². The van der Waals surface area contributed by atoms with Crippen LogP contribution in [0.15, 0.2) is 71.8 Å². The third-order valence-electron chi connectivity index (χ3n) is 6.98. The zero-order valence-electron chi connectivity index (χ0n) is 19.8. The predicted molar refractivity (Wildman–Crippen MR) is 141 cm³/mol. The maximum Gasteiger partial charge on any atom is 0.265 e. The summed E-state index contributed by atoms with van der Waals surface area (Å²) in [6.07, 6.45) is 4.48. The molecule has 0 bridgehead atoms. The van der Waals surface area contributed by atoms with E-state index in [-0.39, 0.29) is 10.9 Å². The van der Waals surface area contributed by atoms with Crippen LogP contribution in [0.4, 0.5) is 4.39 Å². The Balaban J connectivity index is 1.54. The fourth-order valence-corrected chi connectivity index (χ4v) is 5.07. The molecular formula is C29H25FN4O2. The Hall–Kier alpha value is -4.07. The highest BCUT2D eigenvalue weighted by atomic mass is 19.1. The topological polar surface area (TPSA) is 85.9 Å². The van der Waals surface area contributed by atoms with Crippen molar-refractivity contribution in [3.8, 4) is 16.8 Å². The number of rotatable bonds is 4. The first kappa shape index (κ1) is 22.4.